The van der Waals surface area contributed by atoms with E-state index in [1.54, 1.807) is 23.9 Å². The maximum atomic E-state index is 13.3. The SMILES string of the molecule is Cc1cc(F)cc(C(O)c2cnn(C)c2C)c1. The Kier molecular flexibility index (Phi) is 2.98. The summed E-state index contributed by atoms with van der Waals surface area (Å²) in [6.07, 6.45) is 0.776. The van der Waals surface area contributed by atoms with E-state index >= 15 is 0 Å². The van der Waals surface area contributed by atoms with Crippen molar-refractivity contribution < 1.29 is 9.50 Å². The van der Waals surface area contributed by atoms with Crippen LogP contribution in [0.1, 0.15) is 28.5 Å². The molecule has 1 aromatic heterocycles. The first-order valence-electron chi connectivity index (χ1n) is 5.42. The molecule has 0 aliphatic rings. The zero-order valence-electron chi connectivity index (χ0n) is 10.1. The molecule has 17 heavy (non-hydrogen) atoms. The molecular formula is C13H15FN2O. The van der Waals surface area contributed by atoms with Gasteiger partial charge in [-0.2, -0.15) is 5.10 Å². The third kappa shape index (κ3) is 2.22. The fourth-order valence-electron chi connectivity index (χ4n) is 1.89. The van der Waals surface area contributed by atoms with Crippen molar-refractivity contribution in [3.8, 4) is 0 Å². The first-order chi connectivity index (χ1) is 7.99. The Bertz CT molecular complexity index is 528. The van der Waals surface area contributed by atoms with Crippen molar-refractivity contribution in [2.45, 2.75) is 20.0 Å². The molecule has 0 spiro atoms. The maximum absolute atomic E-state index is 13.3. The van der Waals surface area contributed by atoms with Gasteiger partial charge in [0, 0.05) is 18.3 Å². The summed E-state index contributed by atoms with van der Waals surface area (Å²) in [5, 5.41) is 14.3. The number of nitrogens with zero attached hydrogens (tertiary/aromatic N) is 2. The van der Waals surface area contributed by atoms with Crippen molar-refractivity contribution in [1.82, 2.24) is 9.78 Å². The van der Waals surface area contributed by atoms with Crippen molar-refractivity contribution in [3.63, 3.8) is 0 Å². The Morgan fingerprint density at radius 3 is 2.53 bits per heavy atom. The van der Waals surface area contributed by atoms with E-state index in [2.05, 4.69) is 5.10 Å². The van der Waals surface area contributed by atoms with Gasteiger partial charge in [0.15, 0.2) is 0 Å². The van der Waals surface area contributed by atoms with Crippen LogP contribution in [0.15, 0.2) is 24.4 Å². The van der Waals surface area contributed by atoms with Crippen LogP contribution < -0.4 is 0 Å². The van der Waals surface area contributed by atoms with E-state index < -0.39 is 6.10 Å². The van der Waals surface area contributed by atoms with Gasteiger partial charge in [0.25, 0.3) is 0 Å². The number of rotatable bonds is 2. The van der Waals surface area contributed by atoms with Crippen LogP contribution in [0.4, 0.5) is 4.39 Å². The van der Waals surface area contributed by atoms with Crippen molar-refractivity contribution in [1.29, 1.82) is 0 Å². The molecule has 0 bridgehead atoms. The predicted octanol–water partition coefficient (Wildman–Crippen LogP) is 2.26. The number of halogens is 1. The van der Waals surface area contributed by atoms with E-state index in [1.807, 2.05) is 14.0 Å². The van der Waals surface area contributed by atoms with Gasteiger partial charge in [0.2, 0.25) is 0 Å². The number of aromatic nitrogens is 2. The lowest BCUT2D eigenvalue weighted by Crippen LogP contribution is -2.03. The lowest BCUT2D eigenvalue weighted by Gasteiger charge is -2.11. The molecule has 0 amide bonds. The van der Waals surface area contributed by atoms with E-state index in [4.69, 9.17) is 0 Å². The van der Waals surface area contributed by atoms with Crippen LogP contribution >= 0.6 is 0 Å². The minimum absolute atomic E-state index is 0.333. The summed E-state index contributed by atoms with van der Waals surface area (Å²) in [5.41, 5.74) is 2.93. The Morgan fingerprint density at radius 1 is 1.29 bits per heavy atom. The molecule has 1 atom stereocenters. The van der Waals surface area contributed by atoms with Crippen LogP contribution in [-0.2, 0) is 7.05 Å². The van der Waals surface area contributed by atoms with Crippen LogP contribution in [0.5, 0.6) is 0 Å². The Balaban J connectivity index is 2.43. The van der Waals surface area contributed by atoms with Crippen LogP contribution in [0, 0.1) is 19.7 Å². The van der Waals surface area contributed by atoms with Crippen LogP contribution in [0.2, 0.25) is 0 Å². The lowest BCUT2D eigenvalue weighted by atomic mass is 10.0. The molecule has 0 saturated carbocycles. The number of benzene rings is 1. The normalized spacial score (nSPS) is 12.8. The number of hydrogen-bond donors (Lipinski definition) is 1. The highest BCUT2D eigenvalue weighted by Crippen LogP contribution is 2.25. The summed E-state index contributed by atoms with van der Waals surface area (Å²) < 4.78 is 15.0. The van der Waals surface area contributed by atoms with Crippen molar-refractivity contribution >= 4 is 0 Å². The fraction of sp³-hybridized carbons (Fsp3) is 0.308. The Labute approximate surface area is 99.5 Å². The highest BCUT2D eigenvalue weighted by atomic mass is 19.1. The third-order valence-electron chi connectivity index (χ3n) is 2.95. The first-order valence-corrected chi connectivity index (χ1v) is 5.42. The zero-order chi connectivity index (χ0) is 12.6. The summed E-state index contributed by atoms with van der Waals surface area (Å²) in [6.45, 7) is 3.67. The average Bonchev–Trinajstić information content (AvgIpc) is 2.57. The van der Waals surface area contributed by atoms with Gasteiger partial charge < -0.3 is 5.11 Å². The molecule has 3 nitrogen and oxygen atoms in total. The maximum Gasteiger partial charge on any atom is 0.123 e. The molecule has 0 saturated heterocycles. The van der Waals surface area contributed by atoms with Gasteiger partial charge in [0.1, 0.15) is 11.9 Å². The zero-order valence-corrected chi connectivity index (χ0v) is 10.1. The summed E-state index contributed by atoms with van der Waals surface area (Å²) in [6, 6.07) is 4.57. The van der Waals surface area contributed by atoms with E-state index in [0.29, 0.717) is 11.1 Å². The molecule has 2 aromatic rings. The Morgan fingerprint density at radius 2 is 2.00 bits per heavy atom. The van der Waals surface area contributed by atoms with Crippen LogP contribution in [0.25, 0.3) is 0 Å². The van der Waals surface area contributed by atoms with Crippen LogP contribution in [-0.4, -0.2) is 14.9 Å². The molecule has 90 valence electrons. The molecule has 2 rings (SSSR count). The van der Waals surface area contributed by atoms with Gasteiger partial charge in [-0.25, -0.2) is 4.39 Å². The Hall–Kier alpha value is -1.68. The van der Waals surface area contributed by atoms with Gasteiger partial charge in [-0.05, 0) is 37.1 Å². The highest BCUT2D eigenvalue weighted by Gasteiger charge is 2.16. The van der Waals surface area contributed by atoms with E-state index in [0.717, 1.165) is 11.3 Å². The van der Waals surface area contributed by atoms with Gasteiger partial charge in [-0.1, -0.05) is 6.07 Å². The molecule has 1 unspecified atom stereocenters. The second kappa shape index (κ2) is 4.30. The standard InChI is InChI=1S/C13H15FN2O/c1-8-4-10(6-11(14)5-8)13(17)12-7-15-16(3)9(12)2/h4-7,13,17H,1-3H3. The molecule has 0 fully saturated rings. The van der Waals surface area contributed by atoms with E-state index in [9.17, 15) is 9.50 Å². The predicted molar refractivity (Wildman–Crippen MR) is 63.1 cm³/mol. The van der Waals surface area contributed by atoms with E-state index in [-0.39, 0.29) is 5.82 Å². The minimum atomic E-state index is -0.835. The van der Waals surface area contributed by atoms with Crippen LogP contribution in [0.3, 0.4) is 0 Å². The third-order valence-corrected chi connectivity index (χ3v) is 2.95. The van der Waals surface area contributed by atoms with Gasteiger partial charge in [0.05, 0.1) is 6.20 Å². The molecule has 0 radical (unpaired) electrons. The largest absolute Gasteiger partial charge is 0.384 e. The number of aliphatic hydroxyl groups is 1. The second-order valence-electron chi connectivity index (χ2n) is 4.27. The molecule has 4 heteroatoms. The topological polar surface area (TPSA) is 38.1 Å². The molecule has 1 N–H and O–H groups in total. The van der Waals surface area contributed by atoms with Gasteiger partial charge in [-0.15, -0.1) is 0 Å². The van der Waals surface area contributed by atoms with Gasteiger partial charge >= 0.3 is 0 Å². The number of aryl methyl sites for hydroxylation is 2. The second-order valence-corrected chi connectivity index (χ2v) is 4.27. The molecule has 0 aliphatic carbocycles. The van der Waals surface area contributed by atoms with Gasteiger partial charge in [-0.3, -0.25) is 4.68 Å². The smallest absolute Gasteiger partial charge is 0.123 e. The van der Waals surface area contributed by atoms with Crippen molar-refractivity contribution in [2.24, 2.45) is 7.05 Å². The first kappa shape index (κ1) is 11.8. The molecule has 1 aromatic carbocycles. The molecular weight excluding hydrogens is 219 g/mol. The van der Waals surface area contributed by atoms with Crippen molar-refractivity contribution in [2.75, 3.05) is 0 Å². The highest BCUT2D eigenvalue weighted by molar-refractivity contribution is 5.33. The number of hydrogen-bond acceptors (Lipinski definition) is 2. The summed E-state index contributed by atoms with van der Waals surface area (Å²) in [5.74, 6) is -0.333. The fourth-order valence-corrected chi connectivity index (χ4v) is 1.89. The average molecular weight is 234 g/mol. The monoisotopic (exact) mass is 234 g/mol. The quantitative estimate of drug-likeness (QED) is 0.865. The molecule has 0 aliphatic heterocycles. The lowest BCUT2D eigenvalue weighted by molar-refractivity contribution is 0.219. The summed E-state index contributed by atoms with van der Waals surface area (Å²) in [7, 11) is 1.81. The summed E-state index contributed by atoms with van der Waals surface area (Å²) in [4.78, 5) is 0. The number of aliphatic hydroxyl groups excluding tert-OH is 1. The van der Waals surface area contributed by atoms with E-state index in [1.165, 1.54) is 12.1 Å². The summed E-state index contributed by atoms with van der Waals surface area (Å²) >= 11 is 0. The van der Waals surface area contributed by atoms with Crippen molar-refractivity contribution in [3.05, 3.63) is 52.6 Å². The molecule has 1 heterocycles. The minimum Gasteiger partial charge on any atom is -0.384 e.